The van der Waals surface area contributed by atoms with Gasteiger partial charge in [-0.25, -0.2) is 16.8 Å². The van der Waals surface area contributed by atoms with Crippen LogP contribution >= 0.6 is 23.5 Å². The fraction of sp³-hybridized carbons (Fsp3) is 0.478. The molecule has 4 atom stereocenters. The Balaban J connectivity index is 1.58. The van der Waals surface area contributed by atoms with E-state index in [1.165, 1.54) is 8.61 Å². The van der Waals surface area contributed by atoms with E-state index in [1.54, 1.807) is 84.2 Å². The SMILES string of the molecule is CSCC[C@H]1CO[C@@H](c2cc(C(C)(C)C)cc(-c3cc(C(C)(C)C)cc([C@@H]4OC[C@H](CCSC)N4S(=O)(=O)c4ccc(C)cc4)c3O)c2O)N1S(=O)(=O)c1ccc(C)cc1. The quantitative estimate of drug-likeness (QED) is 0.134. The van der Waals surface area contributed by atoms with Crippen LogP contribution in [0.5, 0.6) is 11.5 Å². The van der Waals surface area contributed by atoms with E-state index in [1.807, 2.05) is 80.0 Å². The van der Waals surface area contributed by atoms with Gasteiger partial charge in [-0.3, -0.25) is 0 Å². The highest BCUT2D eigenvalue weighted by Gasteiger charge is 2.47. The van der Waals surface area contributed by atoms with Crippen LogP contribution in [0.3, 0.4) is 0 Å². The molecule has 6 rings (SSSR count). The second-order valence-corrected chi connectivity index (χ2v) is 23.6. The molecule has 14 heteroatoms. The number of aryl methyl sites for hydroxylation is 2. The first-order valence-electron chi connectivity index (χ1n) is 20.3. The normalized spacial score (nSPS) is 20.9. The third kappa shape index (κ3) is 9.32. The number of hydrogen-bond donors (Lipinski definition) is 2. The Hall–Kier alpha value is -3.08. The molecular formula is C46H60N2O8S4. The number of ether oxygens (including phenoxy) is 2. The molecule has 10 nitrogen and oxygen atoms in total. The summed E-state index contributed by atoms with van der Waals surface area (Å²) in [6.45, 7) is 16.2. The Morgan fingerprint density at radius 1 is 0.600 bits per heavy atom. The topological polar surface area (TPSA) is 134 Å². The molecule has 326 valence electrons. The van der Waals surface area contributed by atoms with Gasteiger partial charge < -0.3 is 19.7 Å². The average molecular weight is 897 g/mol. The van der Waals surface area contributed by atoms with Gasteiger partial charge in [-0.05, 0) is 121 Å². The number of hydrogen-bond acceptors (Lipinski definition) is 10. The van der Waals surface area contributed by atoms with Crippen LogP contribution in [0, 0.1) is 13.8 Å². The lowest BCUT2D eigenvalue weighted by atomic mass is 9.80. The van der Waals surface area contributed by atoms with Crippen molar-refractivity contribution in [1.29, 1.82) is 0 Å². The highest BCUT2D eigenvalue weighted by molar-refractivity contribution is 7.98. The van der Waals surface area contributed by atoms with Crippen molar-refractivity contribution in [3.63, 3.8) is 0 Å². The summed E-state index contributed by atoms with van der Waals surface area (Å²) in [6.07, 6.45) is 2.66. The van der Waals surface area contributed by atoms with Gasteiger partial charge in [0.05, 0.1) is 35.1 Å². The lowest BCUT2D eigenvalue weighted by Gasteiger charge is -2.31. The maximum atomic E-state index is 14.6. The third-order valence-electron chi connectivity index (χ3n) is 11.4. The molecule has 0 aliphatic carbocycles. The number of phenols is 2. The Morgan fingerprint density at radius 2 is 0.933 bits per heavy atom. The molecule has 0 saturated carbocycles. The Morgan fingerprint density at radius 3 is 1.23 bits per heavy atom. The van der Waals surface area contributed by atoms with Crippen molar-refractivity contribution in [3.8, 4) is 22.6 Å². The Bertz CT molecular complexity index is 2220. The molecule has 4 aromatic carbocycles. The van der Waals surface area contributed by atoms with Crippen molar-refractivity contribution in [2.75, 3.05) is 37.2 Å². The van der Waals surface area contributed by atoms with E-state index in [-0.39, 0.29) is 56.8 Å². The first-order chi connectivity index (χ1) is 28.1. The zero-order valence-corrected chi connectivity index (χ0v) is 39.6. The van der Waals surface area contributed by atoms with Gasteiger partial charge in [0.1, 0.15) is 11.5 Å². The van der Waals surface area contributed by atoms with Crippen LogP contribution in [0.15, 0.2) is 82.6 Å². The number of rotatable bonds is 13. The highest BCUT2D eigenvalue weighted by Crippen LogP contribution is 2.51. The lowest BCUT2D eigenvalue weighted by Crippen LogP contribution is -2.39. The molecule has 2 aliphatic rings. The van der Waals surface area contributed by atoms with Crippen molar-refractivity contribution in [2.24, 2.45) is 0 Å². The maximum Gasteiger partial charge on any atom is 0.245 e. The van der Waals surface area contributed by atoms with E-state index in [2.05, 4.69) is 0 Å². The first-order valence-corrected chi connectivity index (χ1v) is 25.9. The number of thioether (sulfide) groups is 2. The third-order valence-corrected chi connectivity index (χ3v) is 16.5. The molecule has 0 bridgehead atoms. The van der Waals surface area contributed by atoms with Gasteiger partial charge in [0.25, 0.3) is 0 Å². The monoisotopic (exact) mass is 896 g/mol. The summed E-state index contributed by atoms with van der Waals surface area (Å²) in [5, 5.41) is 25.1. The van der Waals surface area contributed by atoms with Crippen LogP contribution in [-0.2, 0) is 40.4 Å². The van der Waals surface area contributed by atoms with Crippen LogP contribution in [0.1, 0.15) is 100 Å². The molecule has 4 aromatic rings. The van der Waals surface area contributed by atoms with Gasteiger partial charge in [-0.15, -0.1) is 0 Å². The zero-order valence-electron chi connectivity index (χ0n) is 36.4. The summed E-state index contributed by atoms with van der Waals surface area (Å²) in [5.74, 6) is 0.913. The molecule has 2 aliphatic heterocycles. The minimum absolute atomic E-state index is 0.127. The van der Waals surface area contributed by atoms with Crippen molar-refractivity contribution >= 4 is 43.6 Å². The minimum Gasteiger partial charge on any atom is -0.507 e. The average Bonchev–Trinajstić information content (AvgIpc) is 3.81. The molecule has 0 aromatic heterocycles. The smallest absolute Gasteiger partial charge is 0.245 e. The maximum absolute atomic E-state index is 14.6. The first kappa shape index (κ1) is 46.4. The fourth-order valence-corrected chi connectivity index (χ4v) is 12.2. The van der Waals surface area contributed by atoms with Crippen molar-refractivity contribution in [3.05, 3.63) is 106 Å². The minimum atomic E-state index is -4.13. The van der Waals surface area contributed by atoms with E-state index in [4.69, 9.17) is 9.47 Å². The fourth-order valence-electron chi connectivity index (χ4n) is 7.74. The Labute approximate surface area is 366 Å². The summed E-state index contributed by atoms with van der Waals surface area (Å²) < 4.78 is 74.1. The zero-order chi connectivity index (χ0) is 43.9. The van der Waals surface area contributed by atoms with E-state index in [9.17, 15) is 27.0 Å². The second-order valence-electron chi connectivity index (χ2n) is 18.0. The number of phenolic OH excluding ortho intramolecular Hbond substituents is 2. The molecular weight excluding hydrogens is 837 g/mol. The van der Waals surface area contributed by atoms with Gasteiger partial charge in [0, 0.05) is 22.3 Å². The van der Waals surface area contributed by atoms with Gasteiger partial charge >= 0.3 is 0 Å². The summed E-state index contributed by atoms with van der Waals surface area (Å²) in [5.41, 5.74) is 3.43. The number of nitrogens with zero attached hydrogens (tertiary/aromatic N) is 2. The molecule has 60 heavy (non-hydrogen) atoms. The van der Waals surface area contributed by atoms with E-state index in [0.717, 1.165) is 22.3 Å². The molecule has 2 heterocycles. The molecule has 2 saturated heterocycles. The summed E-state index contributed by atoms with van der Waals surface area (Å²) in [4.78, 5) is 0.254. The standard InChI is InChI=1S/C46H60N2O8S4/c1-29-11-15-35(16-12-29)59(51,52)47-33(19-21-57-9)27-55-43(47)39-25-31(45(3,4)5)23-37(41(39)49)38-24-32(46(6,7)8)26-40(42(38)50)44-48(34(28-56-44)20-22-58-10)60(53,54)36-17-13-30(2)14-18-36/h11-18,23-26,33-34,43-44,49-50H,19-22,27-28H2,1-10H3/t33-,34-,43-,44-/m0/s1. The van der Waals surface area contributed by atoms with Gasteiger partial charge in [-0.2, -0.15) is 32.1 Å². The van der Waals surface area contributed by atoms with Crippen molar-refractivity contribution in [1.82, 2.24) is 8.61 Å². The molecule has 0 spiro atoms. The van der Waals surface area contributed by atoms with E-state index >= 15 is 0 Å². The largest absolute Gasteiger partial charge is 0.507 e. The second kappa shape index (κ2) is 18.0. The van der Waals surface area contributed by atoms with Crippen molar-refractivity contribution in [2.45, 2.75) is 113 Å². The Kier molecular flexibility index (Phi) is 13.9. The number of benzene rings is 4. The van der Waals surface area contributed by atoms with Gasteiger partial charge in [0.2, 0.25) is 20.0 Å². The highest BCUT2D eigenvalue weighted by atomic mass is 32.2. The van der Waals surface area contributed by atoms with E-state index in [0.29, 0.717) is 24.3 Å². The molecule has 0 amide bonds. The lowest BCUT2D eigenvalue weighted by molar-refractivity contribution is 0.0654. The molecule has 0 unspecified atom stereocenters. The predicted molar refractivity (Wildman–Crippen MR) is 244 cm³/mol. The summed E-state index contributed by atoms with van der Waals surface area (Å²) in [6, 6.07) is 19.7. The van der Waals surface area contributed by atoms with Crippen LogP contribution < -0.4 is 0 Å². The van der Waals surface area contributed by atoms with Gasteiger partial charge in [0.15, 0.2) is 12.5 Å². The van der Waals surface area contributed by atoms with Gasteiger partial charge in [-0.1, -0.05) is 76.9 Å². The van der Waals surface area contributed by atoms with Crippen LogP contribution in [-0.4, -0.2) is 85.0 Å². The van der Waals surface area contributed by atoms with Crippen LogP contribution in [0.2, 0.25) is 0 Å². The number of sulfonamides is 2. The molecule has 2 fully saturated rings. The predicted octanol–water partition coefficient (Wildman–Crippen LogP) is 9.66. The molecule has 0 radical (unpaired) electrons. The van der Waals surface area contributed by atoms with Crippen molar-refractivity contribution < 1.29 is 36.5 Å². The number of aromatic hydroxyl groups is 2. The summed E-state index contributed by atoms with van der Waals surface area (Å²) >= 11 is 3.24. The van der Waals surface area contributed by atoms with Crippen LogP contribution in [0.4, 0.5) is 0 Å². The van der Waals surface area contributed by atoms with E-state index < -0.39 is 55.4 Å². The van der Waals surface area contributed by atoms with Crippen LogP contribution in [0.25, 0.3) is 11.1 Å². The summed E-state index contributed by atoms with van der Waals surface area (Å²) in [7, 11) is -8.25. The molecule has 2 N–H and O–H groups in total.